The van der Waals surface area contributed by atoms with Gasteiger partial charge in [0.2, 0.25) is 5.95 Å². The largest absolute Gasteiger partial charge is 0.343 e. The molecule has 7 heteroatoms. The van der Waals surface area contributed by atoms with Crippen LogP contribution in [-0.4, -0.2) is 28.8 Å². The Morgan fingerprint density at radius 2 is 1.90 bits per heavy atom. The highest BCUT2D eigenvalue weighted by molar-refractivity contribution is 6.00. The van der Waals surface area contributed by atoms with E-state index in [9.17, 15) is 14.0 Å². The third-order valence-corrected chi connectivity index (χ3v) is 6.08. The topological polar surface area (TPSA) is 78.1 Å². The van der Waals surface area contributed by atoms with Crippen molar-refractivity contribution in [3.8, 4) is 0 Å². The zero-order valence-corrected chi connectivity index (χ0v) is 16.1. The van der Waals surface area contributed by atoms with E-state index >= 15 is 0 Å². The van der Waals surface area contributed by atoms with Crippen molar-refractivity contribution in [1.82, 2.24) is 9.97 Å². The molecule has 5 rings (SSSR count). The molecular formula is C22H23FN4O2. The molecule has 0 saturated carbocycles. The number of H-pyrrole nitrogens is 1. The Bertz CT molecular complexity index is 1070. The van der Waals surface area contributed by atoms with Crippen LogP contribution in [-0.2, 0) is 4.79 Å². The summed E-state index contributed by atoms with van der Waals surface area (Å²) in [6, 6.07) is 6.16. The number of anilines is 2. The number of carbonyl (C=O) groups is 1. The van der Waals surface area contributed by atoms with Gasteiger partial charge in [-0.25, -0.2) is 4.39 Å². The number of fused-ring (bicyclic) bond motifs is 1. The van der Waals surface area contributed by atoms with Gasteiger partial charge in [-0.2, -0.15) is 4.98 Å². The number of aromatic amines is 1. The van der Waals surface area contributed by atoms with Gasteiger partial charge in [0.05, 0.1) is 5.56 Å². The van der Waals surface area contributed by atoms with Crippen LogP contribution in [0, 0.1) is 5.82 Å². The van der Waals surface area contributed by atoms with Crippen LogP contribution in [0.15, 0.2) is 40.3 Å². The minimum atomic E-state index is -0.601. The van der Waals surface area contributed by atoms with Crippen molar-refractivity contribution >= 4 is 17.5 Å². The molecule has 1 atom stereocenters. The molecule has 2 aliphatic heterocycles. The van der Waals surface area contributed by atoms with Crippen molar-refractivity contribution in [1.29, 1.82) is 0 Å². The smallest absolute Gasteiger partial charge is 0.258 e. The summed E-state index contributed by atoms with van der Waals surface area (Å²) in [4.78, 5) is 35.7. The molecule has 0 bridgehead atoms. The summed E-state index contributed by atoms with van der Waals surface area (Å²) in [6.45, 7) is 1.73. The van der Waals surface area contributed by atoms with Crippen LogP contribution in [0.25, 0.3) is 0 Å². The summed E-state index contributed by atoms with van der Waals surface area (Å²) in [7, 11) is 0. The van der Waals surface area contributed by atoms with E-state index in [1.165, 1.54) is 18.6 Å². The number of benzene rings is 1. The first kappa shape index (κ1) is 18.1. The van der Waals surface area contributed by atoms with Crippen molar-refractivity contribution in [3.05, 3.63) is 62.8 Å². The predicted octanol–water partition coefficient (Wildman–Crippen LogP) is 3.46. The molecule has 6 nitrogen and oxygen atoms in total. The van der Waals surface area contributed by atoms with E-state index < -0.39 is 5.92 Å². The molecule has 1 aromatic heterocycles. The van der Waals surface area contributed by atoms with Crippen LogP contribution >= 0.6 is 0 Å². The highest BCUT2D eigenvalue weighted by atomic mass is 19.1. The number of allylic oxidation sites excluding steroid dienone is 2. The first-order valence-electron chi connectivity index (χ1n) is 10.3. The van der Waals surface area contributed by atoms with Gasteiger partial charge in [-0.05, 0) is 49.8 Å². The number of hydrogen-bond acceptors (Lipinski definition) is 5. The fraction of sp³-hybridized carbons (Fsp3) is 0.409. The summed E-state index contributed by atoms with van der Waals surface area (Å²) in [6.07, 6.45) is 5.26. The molecule has 1 saturated heterocycles. The molecular weight excluding hydrogens is 371 g/mol. The third kappa shape index (κ3) is 3.14. The molecule has 3 heterocycles. The molecule has 3 aliphatic rings. The highest BCUT2D eigenvalue weighted by Crippen LogP contribution is 2.43. The monoisotopic (exact) mass is 394 g/mol. The number of carbonyl (C=O) groups excluding carboxylic acids is 1. The molecule has 0 radical (unpaired) electrons. The molecule has 1 aliphatic carbocycles. The van der Waals surface area contributed by atoms with Gasteiger partial charge in [0, 0.05) is 36.7 Å². The lowest BCUT2D eigenvalue weighted by molar-refractivity contribution is -0.116. The first-order chi connectivity index (χ1) is 14.1. The number of rotatable bonds is 2. The van der Waals surface area contributed by atoms with Crippen molar-refractivity contribution in [2.45, 2.75) is 44.4 Å². The molecule has 29 heavy (non-hydrogen) atoms. The number of halogens is 1. The molecule has 1 aromatic carbocycles. The van der Waals surface area contributed by atoms with Crippen LogP contribution in [0.4, 0.5) is 16.2 Å². The Morgan fingerprint density at radius 1 is 1.07 bits per heavy atom. The number of hydrogen-bond donors (Lipinski definition) is 2. The van der Waals surface area contributed by atoms with E-state index in [0.29, 0.717) is 34.9 Å². The van der Waals surface area contributed by atoms with Gasteiger partial charge in [0.15, 0.2) is 5.78 Å². The number of ketones is 1. The van der Waals surface area contributed by atoms with Gasteiger partial charge < -0.3 is 10.2 Å². The van der Waals surface area contributed by atoms with Crippen molar-refractivity contribution in [2.75, 3.05) is 23.3 Å². The lowest BCUT2D eigenvalue weighted by Gasteiger charge is -2.34. The van der Waals surface area contributed by atoms with E-state index in [1.807, 2.05) is 0 Å². The quantitative estimate of drug-likeness (QED) is 0.816. The van der Waals surface area contributed by atoms with Crippen LogP contribution in [0.2, 0.25) is 0 Å². The van der Waals surface area contributed by atoms with Gasteiger partial charge in [0.25, 0.3) is 5.56 Å². The molecule has 2 N–H and O–H groups in total. The number of aromatic nitrogens is 2. The van der Waals surface area contributed by atoms with E-state index in [2.05, 4.69) is 15.2 Å². The number of nitrogens with one attached hydrogen (secondary N) is 2. The summed E-state index contributed by atoms with van der Waals surface area (Å²) in [5.74, 6) is 0.0686. The lowest BCUT2D eigenvalue weighted by Crippen LogP contribution is -2.36. The lowest BCUT2D eigenvalue weighted by atomic mass is 9.76. The Balaban J connectivity index is 1.68. The van der Waals surface area contributed by atoms with E-state index in [-0.39, 0.29) is 17.2 Å². The van der Waals surface area contributed by atoms with Gasteiger partial charge >= 0.3 is 0 Å². The average molecular weight is 394 g/mol. The average Bonchev–Trinajstić information content (AvgIpc) is 2.73. The van der Waals surface area contributed by atoms with E-state index in [4.69, 9.17) is 4.98 Å². The van der Waals surface area contributed by atoms with Gasteiger partial charge in [-0.15, -0.1) is 0 Å². The molecule has 0 spiro atoms. The molecule has 0 unspecified atom stereocenters. The number of piperidine rings is 1. The highest BCUT2D eigenvalue weighted by Gasteiger charge is 2.38. The molecule has 2 aromatic rings. The fourth-order valence-corrected chi connectivity index (χ4v) is 4.72. The van der Waals surface area contributed by atoms with Gasteiger partial charge in [-0.3, -0.25) is 14.6 Å². The Labute approximate surface area is 167 Å². The maximum absolute atomic E-state index is 14.0. The van der Waals surface area contributed by atoms with Crippen molar-refractivity contribution < 1.29 is 9.18 Å². The number of nitrogens with zero attached hydrogens (tertiary/aromatic N) is 2. The Hall–Kier alpha value is -2.96. The molecule has 0 amide bonds. The van der Waals surface area contributed by atoms with Crippen LogP contribution in [0.1, 0.15) is 55.6 Å². The summed E-state index contributed by atoms with van der Waals surface area (Å²) >= 11 is 0. The van der Waals surface area contributed by atoms with E-state index in [0.717, 1.165) is 44.5 Å². The second-order valence-corrected chi connectivity index (χ2v) is 7.98. The van der Waals surface area contributed by atoms with Gasteiger partial charge in [-0.1, -0.05) is 12.1 Å². The fourth-order valence-electron chi connectivity index (χ4n) is 4.72. The summed E-state index contributed by atoms with van der Waals surface area (Å²) in [5.41, 5.74) is 2.11. The molecule has 150 valence electrons. The zero-order valence-electron chi connectivity index (χ0n) is 16.1. The maximum Gasteiger partial charge on any atom is 0.258 e. The van der Waals surface area contributed by atoms with E-state index in [1.54, 1.807) is 12.1 Å². The van der Waals surface area contributed by atoms with Gasteiger partial charge in [0.1, 0.15) is 11.6 Å². The standard InChI is InChI=1S/C22H23FN4O2/c23-14-7-4-6-13(12-14)17-18-15(8-5-9-16(18)28)24-20-19(17)21(29)26-22(25-20)27-10-2-1-3-11-27/h4,6-7,12,17H,1-3,5,8-11H2,(H2,24,25,26,29)/t17-/m0/s1. The minimum absolute atomic E-state index is 0.0122. The third-order valence-electron chi connectivity index (χ3n) is 6.08. The summed E-state index contributed by atoms with van der Waals surface area (Å²) in [5, 5.41) is 3.27. The van der Waals surface area contributed by atoms with Crippen molar-refractivity contribution in [3.63, 3.8) is 0 Å². The first-order valence-corrected chi connectivity index (χ1v) is 10.3. The van der Waals surface area contributed by atoms with Crippen molar-refractivity contribution in [2.24, 2.45) is 0 Å². The van der Waals surface area contributed by atoms with Crippen LogP contribution < -0.4 is 15.8 Å². The number of Topliss-reactive ketones (excluding diaryl/α,β-unsaturated/α-hetero) is 1. The molecule has 1 fully saturated rings. The zero-order chi connectivity index (χ0) is 20.0. The maximum atomic E-state index is 14.0. The second kappa shape index (κ2) is 7.13. The Morgan fingerprint density at radius 3 is 2.69 bits per heavy atom. The Kier molecular flexibility index (Phi) is 4.45. The van der Waals surface area contributed by atoms with Crippen LogP contribution in [0.5, 0.6) is 0 Å². The minimum Gasteiger partial charge on any atom is -0.343 e. The normalized spacial score (nSPS) is 21.5. The van der Waals surface area contributed by atoms with Crippen LogP contribution in [0.3, 0.4) is 0 Å². The SMILES string of the molecule is O=C1CCCC2=C1[C@H](c1cccc(F)c1)c1c(nc(N3CCCCC3)[nH]c1=O)N2. The predicted molar refractivity (Wildman–Crippen MR) is 109 cm³/mol. The summed E-state index contributed by atoms with van der Waals surface area (Å²) < 4.78 is 14.0. The second-order valence-electron chi connectivity index (χ2n) is 7.98.